The summed E-state index contributed by atoms with van der Waals surface area (Å²) in [7, 11) is 4.10. The van der Waals surface area contributed by atoms with Gasteiger partial charge in [-0.1, -0.05) is 203 Å². The molecule has 7 aromatic heterocycles. The van der Waals surface area contributed by atoms with Gasteiger partial charge in [0.1, 0.15) is 11.6 Å². The van der Waals surface area contributed by atoms with E-state index in [-0.39, 0.29) is 45.0 Å². The Balaban J connectivity index is 0.00000445. The molecule has 0 amide bonds. The van der Waals surface area contributed by atoms with E-state index in [1.165, 1.54) is 82.6 Å². The molecule has 14 heteroatoms. The second-order valence-corrected chi connectivity index (χ2v) is 24.7. The largest absolute Gasteiger partial charge is 2.00 e. The molecule has 12 nitrogen and oxygen atoms in total. The van der Waals surface area contributed by atoms with Crippen LogP contribution in [0.3, 0.4) is 0 Å². The molecule has 0 saturated carbocycles. The molecule has 5 aliphatic rings. The quantitative estimate of drug-likeness (QED) is 0.0366. The van der Waals surface area contributed by atoms with Crippen LogP contribution in [0.25, 0.3) is 85.4 Å². The van der Waals surface area contributed by atoms with Crippen LogP contribution in [-0.2, 0) is 65.9 Å². The zero-order chi connectivity index (χ0) is 60.3. The molecular formula is C76H87N12Zn2-3. The van der Waals surface area contributed by atoms with Gasteiger partial charge in [0.2, 0.25) is 0 Å². The van der Waals surface area contributed by atoms with Gasteiger partial charge in [0, 0.05) is 69.5 Å². The minimum atomic E-state index is -0.257. The van der Waals surface area contributed by atoms with Crippen LogP contribution in [-0.4, -0.2) is 40.8 Å². The van der Waals surface area contributed by atoms with Crippen LogP contribution < -0.4 is 30.6 Å². The summed E-state index contributed by atoms with van der Waals surface area (Å²) in [4.78, 5) is 49.4. The zero-order valence-electron chi connectivity index (χ0n) is 54.4. The van der Waals surface area contributed by atoms with Crippen molar-refractivity contribution in [1.82, 2.24) is 49.0 Å². The van der Waals surface area contributed by atoms with Crippen LogP contribution >= 0.6 is 0 Å². The van der Waals surface area contributed by atoms with Gasteiger partial charge >= 0.3 is 19.5 Å². The fraction of sp³-hybridized carbons (Fsp3) is 0.408. The summed E-state index contributed by atoms with van der Waals surface area (Å²) in [6, 6.07) is 17.3. The van der Waals surface area contributed by atoms with Crippen LogP contribution in [0.4, 0.5) is 0 Å². The topological polar surface area (TPSA) is 144 Å². The first kappa shape index (κ1) is 65.9. The first-order valence-electron chi connectivity index (χ1n) is 33.5. The molecule has 1 atom stereocenters. The molecule has 0 saturated heterocycles. The van der Waals surface area contributed by atoms with Crippen molar-refractivity contribution in [3.8, 4) is 11.4 Å². The third-order valence-corrected chi connectivity index (χ3v) is 18.3. The average Bonchev–Trinajstić information content (AvgIpc) is 2.26. The Morgan fingerprint density at radius 2 is 0.956 bits per heavy atom. The molecule has 16 bridgehead atoms. The second kappa shape index (κ2) is 31.3. The van der Waals surface area contributed by atoms with Crippen molar-refractivity contribution in [2.24, 2.45) is 19.1 Å². The summed E-state index contributed by atoms with van der Waals surface area (Å²) >= 11 is 0. The molecule has 0 aliphatic carbocycles. The van der Waals surface area contributed by atoms with Crippen molar-refractivity contribution in [2.75, 3.05) is 0 Å². The van der Waals surface area contributed by atoms with Gasteiger partial charge in [0.25, 0.3) is 0 Å². The maximum absolute atomic E-state index is 5.86. The van der Waals surface area contributed by atoms with Crippen molar-refractivity contribution >= 4 is 74.4 Å². The van der Waals surface area contributed by atoms with Crippen LogP contribution in [0.1, 0.15) is 226 Å². The van der Waals surface area contributed by atoms with Crippen LogP contribution in [0.5, 0.6) is 0 Å². The summed E-state index contributed by atoms with van der Waals surface area (Å²) in [6.45, 7) is 9.11. The van der Waals surface area contributed by atoms with E-state index in [4.69, 9.17) is 50.2 Å². The van der Waals surface area contributed by atoms with Crippen molar-refractivity contribution in [2.45, 2.75) is 188 Å². The van der Waals surface area contributed by atoms with E-state index in [9.17, 15) is 0 Å². The van der Waals surface area contributed by atoms with E-state index < -0.39 is 0 Å². The number of fused-ring (bicyclic) bond motifs is 15. The predicted molar refractivity (Wildman–Crippen MR) is 364 cm³/mol. The molecule has 0 N–H and O–H groups in total. The first-order chi connectivity index (χ1) is 43.3. The van der Waals surface area contributed by atoms with Gasteiger partial charge in [-0.3, -0.25) is 0 Å². The molecule has 0 spiro atoms. The minimum absolute atomic E-state index is 0. The molecule has 90 heavy (non-hydrogen) atoms. The Morgan fingerprint density at radius 3 is 1.54 bits per heavy atom. The fourth-order valence-corrected chi connectivity index (χ4v) is 13.4. The normalized spacial score (nSPS) is 17.0. The molecule has 0 radical (unpaired) electrons. The number of aryl methyl sites for hydroxylation is 4. The number of hydrogen-bond acceptors (Lipinski definition) is 5. The molecule has 12 rings (SSSR count). The molecule has 458 valence electrons. The van der Waals surface area contributed by atoms with Crippen LogP contribution in [0.2, 0.25) is 0 Å². The smallest absolute Gasteiger partial charge is 0.675 e. The number of imidazole rings is 2. The number of allylic oxidation sites excluding steroid dienone is 4. The Bertz CT molecular complexity index is 4180. The Labute approximate surface area is 558 Å². The summed E-state index contributed by atoms with van der Waals surface area (Å²) in [5.74, 6) is 1.66. The number of unbranched alkanes of at least 4 members (excludes halogenated alkanes) is 16. The molecule has 7 aromatic rings. The zero-order valence-corrected chi connectivity index (χ0v) is 60.3. The van der Waals surface area contributed by atoms with E-state index in [0.717, 1.165) is 212 Å². The van der Waals surface area contributed by atoms with Crippen molar-refractivity contribution in [3.05, 3.63) is 182 Å². The third kappa shape index (κ3) is 14.5. The minimum Gasteiger partial charge on any atom is -0.675 e. The monoisotopic (exact) mass is 1300 g/mol. The molecule has 0 unspecified atom stereocenters. The van der Waals surface area contributed by atoms with Gasteiger partial charge in [-0.2, -0.15) is 0 Å². The maximum Gasteiger partial charge on any atom is 2.00 e. The SMILES string of the molecule is CCCCCCCC1=C2C=CC(=N2)/C(c2nccn2C)=c2/cc/c([n-]2)=C(\CCCCCCC)[C@H]2C=C/C(=C(\c3c4nc(c(CCCCCCC)c5ccc([n-]5)c(-c5nccn5C)c5nc(c(CCCCCCC)c6ccc3[n-]6)C=C5)C=C4)c3ccc1[n-]3)[N-]2.[Zn+2].[Zn]. The Hall–Kier alpha value is -7.00. The van der Waals surface area contributed by atoms with Gasteiger partial charge in [-0.25, -0.2) is 24.9 Å². The van der Waals surface area contributed by atoms with Crippen molar-refractivity contribution in [3.63, 3.8) is 0 Å². The Kier molecular flexibility index (Phi) is 23.0. The van der Waals surface area contributed by atoms with E-state index in [0.29, 0.717) is 0 Å². The summed E-state index contributed by atoms with van der Waals surface area (Å²) < 4.78 is 4.15. The number of aliphatic imine (C=N–C) groups is 1. The molecular weight excluding hydrogens is 1210 g/mol. The molecule has 0 aromatic carbocycles. The van der Waals surface area contributed by atoms with Gasteiger partial charge < -0.3 is 34.4 Å². The maximum atomic E-state index is 5.86. The predicted octanol–water partition coefficient (Wildman–Crippen LogP) is 16.6. The fourth-order valence-electron chi connectivity index (χ4n) is 13.4. The van der Waals surface area contributed by atoms with Crippen molar-refractivity contribution in [1.29, 1.82) is 0 Å². The van der Waals surface area contributed by atoms with E-state index in [2.05, 4.69) is 148 Å². The van der Waals surface area contributed by atoms with E-state index in [1.54, 1.807) is 0 Å². The van der Waals surface area contributed by atoms with Crippen molar-refractivity contribution < 1.29 is 39.0 Å². The Morgan fingerprint density at radius 1 is 0.444 bits per heavy atom. The number of nitrogens with zero attached hydrogens (tertiary/aromatic N) is 12. The first-order valence-corrected chi connectivity index (χ1v) is 33.5. The number of hydrogen-bond donors (Lipinski definition) is 0. The average molecular weight is 1300 g/mol. The van der Waals surface area contributed by atoms with Gasteiger partial charge in [0.15, 0.2) is 0 Å². The van der Waals surface area contributed by atoms with Crippen LogP contribution in [0, 0.1) is 0 Å². The van der Waals surface area contributed by atoms with E-state index in [1.807, 2.05) is 24.8 Å². The molecule has 0 fully saturated rings. The van der Waals surface area contributed by atoms with Gasteiger partial charge in [-0.05, 0) is 116 Å². The standard InChI is InChI=1S/C76H87N12.2Zn/c1-7-11-15-19-23-27-51-55-31-39-63(79-55)71(64-40-32-56(80-64)52(28-24-20-16-12-8-2)60-36-44-68(84-60)73(67-43-35-59(51)83-67)75-77-47-49-87(75)5)72-65-41-33-57(81-65)53(29-25-21-17-13-9-3)61-37-45-69(85-61)74(76-78-48-50-88(76)6)70-46-38-62(86-70)54(30-26-22-18-14-10-4)58-34-42-66(72)82-58;;/h31-50,55H,7-30H2,1-6H3;;/q-5;;+2/b57-53?,58-54?,59-51-,60-52?,61-53?,62-54?,71-63+,72-65?,72-66?,73-67+,74-69?,74-70?;;/t55-;;/m1../s1. The van der Waals surface area contributed by atoms with E-state index >= 15 is 0 Å². The second-order valence-electron chi connectivity index (χ2n) is 24.7. The third-order valence-electron chi connectivity index (χ3n) is 18.3. The summed E-state index contributed by atoms with van der Waals surface area (Å²) in [5.41, 5.74) is 19.7. The molecule has 12 heterocycles. The van der Waals surface area contributed by atoms with Gasteiger partial charge in [0.05, 0.1) is 34.2 Å². The van der Waals surface area contributed by atoms with Gasteiger partial charge in [-0.15, -0.1) is 49.8 Å². The summed E-state index contributed by atoms with van der Waals surface area (Å²) in [6.07, 6.45) is 51.9. The molecule has 5 aliphatic heterocycles. The van der Waals surface area contributed by atoms with Crippen LogP contribution in [0.15, 0.2) is 114 Å². The summed E-state index contributed by atoms with van der Waals surface area (Å²) in [5, 5.41) is 7.68. The number of rotatable bonds is 27. The number of aromatic nitrogens is 10.